The van der Waals surface area contributed by atoms with Crippen LogP contribution in [-0.4, -0.2) is 69.6 Å². The van der Waals surface area contributed by atoms with Crippen LogP contribution in [0.5, 0.6) is 0 Å². The first-order valence-electron chi connectivity index (χ1n) is 11.6. The van der Waals surface area contributed by atoms with Crippen LogP contribution in [0, 0.1) is 0 Å². The van der Waals surface area contributed by atoms with Gasteiger partial charge in [0.1, 0.15) is 17.0 Å². The van der Waals surface area contributed by atoms with E-state index in [4.69, 9.17) is 14.5 Å². The molecule has 0 bridgehead atoms. The number of fused-ring (bicyclic) bond motifs is 2. The largest absolute Gasteiger partial charge is 0.379 e. The summed E-state index contributed by atoms with van der Waals surface area (Å²) in [7, 11) is 3.51. The molecule has 1 saturated heterocycles. The number of nitrogens with one attached hydrogen (secondary N) is 2. The second-order valence-electron chi connectivity index (χ2n) is 8.84. The highest BCUT2D eigenvalue weighted by molar-refractivity contribution is 6.01. The molecule has 0 aromatic carbocycles. The molecule has 1 amide bonds. The van der Waals surface area contributed by atoms with Gasteiger partial charge in [-0.3, -0.25) is 4.79 Å². The SMILES string of the molecule is CNc1cc(-c2cn([C@H]3CCOC3)c3ncccc23)nc2c(C(=O)NC3CC[C@H]3OC)cnn12. The van der Waals surface area contributed by atoms with Crippen molar-refractivity contribution in [2.24, 2.45) is 0 Å². The molecule has 2 aliphatic rings. The number of ether oxygens (including phenoxy) is 2. The average molecular weight is 462 g/mol. The van der Waals surface area contributed by atoms with E-state index >= 15 is 0 Å². The van der Waals surface area contributed by atoms with E-state index in [1.807, 2.05) is 19.2 Å². The first-order valence-corrected chi connectivity index (χ1v) is 11.6. The molecule has 5 heterocycles. The van der Waals surface area contributed by atoms with Crippen molar-refractivity contribution >= 4 is 28.4 Å². The minimum absolute atomic E-state index is 0.0112. The van der Waals surface area contributed by atoms with Crippen LogP contribution in [0.15, 0.2) is 36.8 Å². The first-order chi connectivity index (χ1) is 16.7. The van der Waals surface area contributed by atoms with Crippen LogP contribution in [-0.2, 0) is 9.47 Å². The molecule has 1 unspecified atom stereocenters. The van der Waals surface area contributed by atoms with E-state index < -0.39 is 0 Å². The average Bonchev–Trinajstić information content (AvgIpc) is 3.59. The Labute approximate surface area is 196 Å². The van der Waals surface area contributed by atoms with E-state index in [0.29, 0.717) is 17.8 Å². The van der Waals surface area contributed by atoms with Crippen LogP contribution in [0.4, 0.5) is 5.82 Å². The summed E-state index contributed by atoms with van der Waals surface area (Å²) >= 11 is 0. The highest BCUT2D eigenvalue weighted by Crippen LogP contribution is 2.34. The summed E-state index contributed by atoms with van der Waals surface area (Å²) in [4.78, 5) is 22.7. The van der Waals surface area contributed by atoms with Gasteiger partial charge in [0.05, 0.1) is 36.7 Å². The summed E-state index contributed by atoms with van der Waals surface area (Å²) in [6.07, 6.45) is 8.34. The molecular weight excluding hydrogens is 434 g/mol. The van der Waals surface area contributed by atoms with Crippen LogP contribution in [0.1, 0.15) is 35.7 Å². The highest BCUT2D eigenvalue weighted by atomic mass is 16.5. The Balaban J connectivity index is 1.45. The zero-order valence-electron chi connectivity index (χ0n) is 19.2. The fourth-order valence-corrected chi connectivity index (χ4v) is 4.91. The molecule has 176 valence electrons. The summed E-state index contributed by atoms with van der Waals surface area (Å²) in [6.45, 7) is 1.42. The van der Waals surface area contributed by atoms with Gasteiger partial charge in [-0.2, -0.15) is 9.61 Å². The molecule has 4 aromatic rings. The van der Waals surface area contributed by atoms with Crippen LogP contribution in [0.2, 0.25) is 0 Å². The molecule has 2 fully saturated rings. The van der Waals surface area contributed by atoms with Gasteiger partial charge in [0.25, 0.3) is 5.91 Å². The lowest BCUT2D eigenvalue weighted by atomic mass is 9.89. The maximum absolute atomic E-state index is 13.1. The standard InChI is InChI=1S/C24H27N7O3/c1-25-21-10-19(17-12-30(14-7-9-34-13-14)22-15(17)4-3-8-26-22)28-23-16(11-27-31(21)23)24(32)29-18-5-6-20(18)33-2/h3-4,8,10-12,14,18,20,25H,5-7,9,13H2,1-2H3,(H,29,32)/t14-,18?,20+/m0/s1. The Hall–Kier alpha value is -3.50. The zero-order chi connectivity index (χ0) is 23.2. The summed E-state index contributed by atoms with van der Waals surface area (Å²) in [5.41, 5.74) is 3.55. The van der Waals surface area contributed by atoms with Crippen LogP contribution in [0.3, 0.4) is 0 Å². The lowest BCUT2D eigenvalue weighted by Crippen LogP contribution is -2.51. The van der Waals surface area contributed by atoms with Crippen LogP contribution < -0.4 is 10.6 Å². The Morgan fingerprint density at radius 1 is 1.26 bits per heavy atom. The fraction of sp³-hybridized carbons (Fsp3) is 0.417. The fourth-order valence-electron chi connectivity index (χ4n) is 4.91. The van der Waals surface area contributed by atoms with Gasteiger partial charge in [-0.1, -0.05) is 0 Å². The number of amides is 1. The van der Waals surface area contributed by atoms with Gasteiger partial charge in [-0.15, -0.1) is 0 Å². The van der Waals surface area contributed by atoms with Crippen LogP contribution in [0.25, 0.3) is 27.9 Å². The number of anilines is 1. The number of nitrogens with zero attached hydrogens (tertiary/aromatic N) is 5. The van der Waals surface area contributed by atoms with E-state index in [2.05, 4.69) is 37.5 Å². The van der Waals surface area contributed by atoms with Crippen molar-refractivity contribution in [1.29, 1.82) is 0 Å². The predicted octanol–water partition coefficient (Wildman–Crippen LogP) is 2.66. The number of hydrogen-bond acceptors (Lipinski definition) is 7. The molecule has 10 heteroatoms. The molecule has 10 nitrogen and oxygen atoms in total. The number of carbonyl (C=O) groups excluding carboxylic acids is 1. The molecule has 1 aliphatic heterocycles. The van der Waals surface area contributed by atoms with Gasteiger partial charge in [-0.05, 0) is 31.4 Å². The van der Waals surface area contributed by atoms with E-state index in [9.17, 15) is 4.79 Å². The first kappa shape index (κ1) is 21.1. The molecule has 34 heavy (non-hydrogen) atoms. The highest BCUT2D eigenvalue weighted by Gasteiger charge is 2.33. The van der Waals surface area contributed by atoms with Crippen molar-refractivity contribution in [2.75, 3.05) is 32.7 Å². The minimum atomic E-state index is -0.194. The van der Waals surface area contributed by atoms with Crippen molar-refractivity contribution in [3.8, 4) is 11.3 Å². The number of carbonyl (C=O) groups is 1. The Bertz CT molecular complexity index is 1370. The quantitative estimate of drug-likeness (QED) is 0.455. The number of pyridine rings is 1. The van der Waals surface area contributed by atoms with E-state index in [1.54, 1.807) is 24.0 Å². The summed E-state index contributed by atoms with van der Waals surface area (Å²) in [6, 6.07) is 6.19. The molecule has 4 aromatic heterocycles. The summed E-state index contributed by atoms with van der Waals surface area (Å²) in [5.74, 6) is 0.548. The summed E-state index contributed by atoms with van der Waals surface area (Å²) in [5, 5.41) is 11.7. The van der Waals surface area contributed by atoms with Crippen LogP contribution >= 0.6 is 0 Å². The third-order valence-electron chi connectivity index (χ3n) is 6.97. The number of aromatic nitrogens is 5. The number of methoxy groups -OCH3 is 1. The van der Waals surface area contributed by atoms with E-state index in [-0.39, 0.29) is 24.1 Å². The lowest BCUT2D eigenvalue weighted by Gasteiger charge is -2.35. The molecule has 6 rings (SSSR count). The van der Waals surface area contributed by atoms with E-state index in [0.717, 1.165) is 54.0 Å². The maximum Gasteiger partial charge on any atom is 0.257 e. The minimum Gasteiger partial charge on any atom is -0.379 e. The van der Waals surface area contributed by atoms with Gasteiger partial charge in [-0.25, -0.2) is 9.97 Å². The monoisotopic (exact) mass is 461 g/mol. The Morgan fingerprint density at radius 3 is 2.91 bits per heavy atom. The zero-order valence-corrected chi connectivity index (χ0v) is 19.2. The maximum atomic E-state index is 13.1. The van der Waals surface area contributed by atoms with Gasteiger partial charge in [0.2, 0.25) is 0 Å². The lowest BCUT2D eigenvalue weighted by molar-refractivity contribution is 0.00732. The smallest absolute Gasteiger partial charge is 0.257 e. The number of rotatable bonds is 6. The third-order valence-corrected chi connectivity index (χ3v) is 6.97. The van der Waals surface area contributed by atoms with Gasteiger partial charge in [0.15, 0.2) is 5.65 Å². The van der Waals surface area contributed by atoms with E-state index in [1.165, 1.54) is 0 Å². The van der Waals surface area contributed by atoms with Crippen molar-refractivity contribution in [2.45, 2.75) is 37.5 Å². The molecule has 0 radical (unpaired) electrons. The van der Waals surface area contributed by atoms with Crippen molar-refractivity contribution in [3.05, 3.63) is 42.4 Å². The molecular formula is C24H27N7O3. The normalized spacial score (nSPS) is 22.2. The summed E-state index contributed by atoms with van der Waals surface area (Å²) < 4.78 is 14.9. The third kappa shape index (κ3) is 3.33. The van der Waals surface area contributed by atoms with Gasteiger partial charge >= 0.3 is 0 Å². The molecule has 1 saturated carbocycles. The van der Waals surface area contributed by atoms with Crippen molar-refractivity contribution < 1.29 is 14.3 Å². The topological polar surface area (TPSA) is 108 Å². The number of hydrogen-bond donors (Lipinski definition) is 2. The second kappa shape index (κ2) is 8.37. The molecule has 0 spiro atoms. The molecule has 1 aliphatic carbocycles. The predicted molar refractivity (Wildman–Crippen MR) is 127 cm³/mol. The Morgan fingerprint density at radius 2 is 2.18 bits per heavy atom. The van der Waals surface area contributed by atoms with Gasteiger partial charge < -0.3 is 24.7 Å². The van der Waals surface area contributed by atoms with Crippen molar-refractivity contribution in [1.82, 2.24) is 29.5 Å². The molecule has 3 atom stereocenters. The Kier molecular flexibility index (Phi) is 5.19. The van der Waals surface area contributed by atoms with Gasteiger partial charge in [0, 0.05) is 50.2 Å². The second-order valence-corrected chi connectivity index (χ2v) is 8.84. The molecule has 2 N–H and O–H groups in total. The van der Waals surface area contributed by atoms with Crippen molar-refractivity contribution in [3.63, 3.8) is 0 Å².